The normalized spacial score (nSPS) is 12.1. The number of nitrogens with zero attached hydrogens (tertiary/aromatic N) is 1. The zero-order valence-electron chi connectivity index (χ0n) is 41.6. The number of hydrogen-bond acceptors (Lipinski definition) is 1. The van der Waals surface area contributed by atoms with Crippen molar-refractivity contribution in [3.05, 3.63) is 282 Å². The van der Waals surface area contributed by atoms with E-state index in [9.17, 15) is 0 Å². The van der Waals surface area contributed by atoms with Crippen molar-refractivity contribution < 1.29 is 26.2 Å². The summed E-state index contributed by atoms with van der Waals surface area (Å²) in [4.78, 5) is 5.58. The molecule has 0 radical (unpaired) electrons. The van der Waals surface area contributed by atoms with E-state index in [2.05, 4.69) is 268 Å². The average molecular weight is 973 g/mol. The molecule has 0 bridgehead atoms. The summed E-state index contributed by atoms with van der Waals surface area (Å²) < 4.78 is 0. The molecule has 1 heterocycles. The van der Waals surface area contributed by atoms with Crippen molar-refractivity contribution in [1.29, 1.82) is 0 Å². The van der Waals surface area contributed by atoms with E-state index < -0.39 is 0 Å². The van der Waals surface area contributed by atoms with Crippen LogP contribution in [0, 0.1) is 13.8 Å². The SMILES string of the molecule is [CH2-]c1c(-c2ccccc2-c2cccc(-c3ccccc3-c3cc(C(C)(C)c4ccccc4)cc(C(C)(C)c4ccccc4)c3[CH2-])n2)cc(C(C)(C)c2ccccc2)cc1C(C)(C)c1ccccc1.[Zr+2]. The monoisotopic (exact) mass is 971 g/mol. The third-order valence-electron chi connectivity index (χ3n) is 15.0. The van der Waals surface area contributed by atoms with Crippen molar-refractivity contribution in [3.63, 3.8) is 0 Å². The van der Waals surface area contributed by atoms with Crippen LogP contribution in [0.2, 0.25) is 0 Å². The number of rotatable bonds is 12. The second kappa shape index (κ2) is 19.5. The zero-order chi connectivity index (χ0) is 47.8. The molecule has 1 aromatic heterocycles. The third-order valence-corrected chi connectivity index (χ3v) is 15.0. The Balaban J connectivity index is 0.00000642. The average Bonchev–Trinajstić information content (AvgIpc) is 3.37. The van der Waals surface area contributed by atoms with Gasteiger partial charge in [-0.05, 0) is 56.3 Å². The van der Waals surface area contributed by atoms with Gasteiger partial charge < -0.3 is 0 Å². The predicted octanol–water partition coefficient (Wildman–Crippen LogP) is 17.4. The van der Waals surface area contributed by atoms with E-state index in [1.165, 1.54) is 44.5 Å². The second-order valence-electron chi connectivity index (χ2n) is 20.6. The van der Waals surface area contributed by atoms with Crippen LogP contribution in [-0.4, -0.2) is 4.98 Å². The fraction of sp³-hybridized carbons (Fsp3) is 0.179. The first-order valence-corrected chi connectivity index (χ1v) is 24.0. The van der Waals surface area contributed by atoms with Gasteiger partial charge in [0.25, 0.3) is 0 Å². The smallest absolute Gasteiger partial charge is 0.248 e. The van der Waals surface area contributed by atoms with Gasteiger partial charge in [0.1, 0.15) is 0 Å². The summed E-state index contributed by atoms with van der Waals surface area (Å²) in [5.74, 6) is 0. The molecule has 0 saturated carbocycles. The second-order valence-corrected chi connectivity index (χ2v) is 20.6. The van der Waals surface area contributed by atoms with Gasteiger partial charge in [-0.1, -0.05) is 254 Å². The molecule has 0 aliphatic rings. The summed E-state index contributed by atoms with van der Waals surface area (Å²) >= 11 is 0. The van der Waals surface area contributed by atoms with E-state index in [1.807, 2.05) is 0 Å². The fourth-order valence-electron chi connectivity index (χ4n) is 10.3. The molecule has 0 amide bonds. The Hall–Kier alpha value is -6.47. The standard InChI is InChI=1S/C67H63N.Zr/c1-46-58(42-52(64(3,4)48-28-15-11-16-29-48)44-60(46)66(7,8)50-32-19-13-20-33-50)54-36-23-25-38-56(54)62-40-27-41-63(68-62)57-39-26-24-37-55(57)59-43-53(65(5,6)49-30-17-12-18-31-49)45-61(47(59)2)67(9,10)51-34-21-14-22-35-51;/h11-45H,1-2H2,3-10H3;/q-2;+2. The molecule has 9 rings (SSSR count). The van der Waals surface area contributed by atoms with Crippen LogP contribution < -0.4 is 0 Å². The van der Waals surface area contributed by atoms with Crippen molar-refractivity contribution in [2.45, 2.75) is 77.0 Å². The van der Waals surface area contributed by atoms with Gasteiger partial charge in [0.05, 0.1) is 11.4 Å². The van der Waals surface area contributed by atoms with Crippen LogP contribution in [0.25, 0.3) is 44.8 Å². The predicted molar refractivity (Wildman–Crippen MR) is 289 cm³/mol. The summed E-state index contributed by atoms with van der Waals surface area (Å²) in [6.07, 6.45) is 0. The zero-order valence-corrected chi connectivity index (χ0v) is 44.0. The summed E-state index contributed by atoms with van der Waals surface area (Å²) in [6, 6.07) is 76.8. The molecule has 9 aromatic rings. The van der Waals surface area contributed by atoms with Gasteiger partial charge in [-0.15, -0.1) is 46.5 Å². The van der Waals surface area contributed by atoms with Crippen molar-refractivity contribution in [2.75, 3.05) is 0 Å². The molecule has 0 aliphatic heterocycles. The Morgan fingerprint density at radius 1 is 0.275 bits per heavy atom. The summed E-state index contributed by atoms with van der Waals surface area (Å²) in [7, 11) is 0. The van der Waals surface area contributed by atoms with Crippen LogP contribution in [0.15, 0.2) is 212 Å². The minimum Gasteiger partial charge on any atom is -0.248 e. The van der Waals surface area contributed by atoms with Gasteiger partial charge in [-0.2, -0.15) is 25.0 Å². The molecule has 8 aromatic carbocycles. The van der Waals surface area contributed by atoms with E-state index in [0.29, 0.717) is 0 Å². The Bertz CT molecular complexity index is 3000. The Morgan fingerprint density at radius 3 is 0.870 bits per heavy atom. The minimum atomic E-state index is -0.316. The van der Waals surface area contributed by atoms with Gasteiger partial charge >= 0.3 is 26.2 Å². The van der Waals surface area contributed by atoms with Gasteiger partial charge in [0, 0.05) is 10.8 Å². The third kappa shape index (κ3) is 9.25. The molecule has 69 heavy (non-hydrogen) atoms. The molecule has 2 heteroatoms. The van der Waals surface area contributed by atoms with Crippen LogP contribution >= 0.6 is 0 Å². The van der Waals surface area contributed by atoms with E-state index >= 15 is 0 Å². The molecule has 340 valence electrons. The van der Waals surface area contributed by atoms with Gasteiger partial charge in [0.2, 0.25) is 0 Å². The van der Waals surface area contributed by atoms with Crippen molar-refractivity contribution in [1.82, 2.24) is 4.98 Å². The number of pyridine rings is 1. The molecule has 0 atom stereocenters. The quantitative estimate of drug-likeness (QED) is 0.111. The van der Waals surface area contributed by atoms with E-state index in [0.717, 1.165) is 55.9 Å². The summed E-state index contributed by atoms with van der Waals surface area (Å²) in [5, 5.41) is 0. The van der Waals surface area contributed by atoms with Crippen LogP contribution in [0.3, 0.4) is 0 Å². The van der Waals surface area contributed by atoms with Crippen molar-refractivity contribution >= 4 is 0 Å². The van der Waals surface area contributed by atoms with Crippen LogP contribution in [0.4, 0.5) is 0 Å². The Morgan fingerprint density at radius 2 is 0.551 bits per heavy atom. The number of aromatic nitrogens is 1. The Labute approximate surface area is 431 Å². The Kier molecular flexibility index (Phi) is 13.8. The van der Waals surface area contributed by atoms with Gasteiger partial charge in [-0.25, -0.2) is 4.98 Å². The number of benzene rings is 8. The van der Waals surface area contributed by atoms with Gasteiger partial charge in [-0.3, -0.25) is 0 Å². The summed E-state index contributed by atoms with van der Waals surface area (Å²) in [5.41, 5.74) is 19.2. The molecule has 0 spiro atoms. The maximum absolute atomic E-state index is 5.58. The fourth-order valence-corrected chi connectivity index (χ4v) is 10.3. The maximum atomic E-state index is 5.58. The minimum absolute atomic E-state index is 0. The molecule has 0 aliphatic carbocycles. The molecule has 0 saturated heterocycles. The number of hydrogen-bond donors (Lipinski definition) is 0. The summed E-state index contributed by atoms with van der Waals surface area (Å²) in [6.45, 7) is 28.4. The molecular weight excluding hydrogens is 910 g/mol. The van der Waals surface area contributed by atoms with E-state index in [4.69, 9.17) is 18.8 Å². The first-order chi connectivity index (χ1) is 32.6. The largest absolute Gasteiger partial charge is 2.00 e. The topological polar surface area (TPSA) is 12.9 Å². The first-order valence-electron chi connectivity index (χ1n) is 24.0. The van der Waals surface area contributed by atoms with Crippen molar-refractivity contribution in [2.24, 2.45) is 0 Å². The van der Waals surface area contributed by atoms with Crippen LogP contribution in [0.5, 0.6) is 0 Å². The van der Waals surface area contributed by atoms with E-state index in [-0.39, 0.29) is 47.9 Å². The van der Waals surface area contributed by atoms with Crippen molar-refractivity contribution in [3.8, 4) is 44.8 Å². The molecule has 0 unspecified atom stereocenters. The van der Waals surface area contributed by atoms with Crippen LogP contribution in [-0.2, 0) is 47.9 Å². The van der Waals surface area contributed by atoms with E-state index in [1.54, 1.807) is 0 Å². The van der Waals surface area contributed by atoms with Gasteiger partial charge in [0.15, 0.2) is 0 Å². The molecule has 0 N–H and O–H groups in total. The van der Waals surface area contributed by atoms with Crippen LogP contribution in [0.1, 0.15) is 111 Å². The molecular formula is C67H63NZr. The molecule has 0 fully saturated rings. The first kappa shape index (κ1) is 49.0. The molecule has 1 nitrogen and oxygen atoms in total. The maximum Gasteiger partial charge on any atom is 2.00 e.